The topological polar surface area (TPSA) is 69.7 Å². The van der Waals surface area contributed by atoms with Crippen LogP contribution in [0, 0.1) is 0 Å². The Labute approximate surface area is 145 Å². The lowest BCUT2D eigenvalue weighted by molar-refractivity contribution is -0.137. The van der Waals surface area contributed by atoms with Crippen molar-refractivity contribution >= 4 is 29.5 Å². The van der Waals surface area contributed by atoms with E-state index in [0.717, 1.165) is 18.0 Å². The average molecular weight is 347 g/mol. The molecule has 0 bridgehead atoms. The van der Waals surface area contributed by atoms with Crippen molar-refractivity contribution in [2.75, 3.05) is 32.7 Å². The number of amides is 3. The fourth-order valence-electron chi connectivity index (χ4n) is 3.01. The molecule has 1 N–H and O–H groups in total. The number of piperazine rings is 1. The number of hydrogen-bond donors (Lipinski definition) is 1. The van der Waals surface area contributed by atoms with Crippen molar-refractivity contribution in [3.8, 4) is 0 Å². The summed E-state index contributed by atoms with van der Waals surface area (Å²) in [6.45, 7) is 5.15. The van der Waals surface area contributed by atoms with E-state index in [9.17, 15) is 14.4 Å². The van der Waals surface area contributed by atoms with Gasteiger partial charge in [0.25, 0.3) is 5.91 Å². The predicted molar refractivity (Wildman–Crippen MR) is 91.9 cm³/mol. The first-order chi connectivity index (χ1) is 11.6. The third-order valence-electron chi connectivity index (χ3n) is 4.31. The van der Waals surface area contributed by atoms with Gasteiger partial charge in [-0.05, 0) is 19.1 Å². The summed E-state index contributed by atoms with van der Waals surface area (Å²) in [5, 5.41) is 2.79. The lowest BCUT2D eigenvalue weighted by atomic mass is 10.2. The zero-order chi connectivity index (χ0) is 17.1. The number of hydrogen-bond acceptors (Lipinski definition) is 5. The minimum Gasteiger partial charge on any atom is -0.336 e. The molecule has 0 aliphatic carbocycles. The average Bonchev–Trinajstić information content (AvgIpc) is 2.88. The van der Waals surface area contributed by atoms with Crippen LogP contribution in [-0.4, -0.2) is 65.5 Å². The number of carbonyl (C=O) groups excluding carboxylic acids is 3. The van der Waals surface area contributed by atoms with Crippen LogP contribution in [0.15, 0.2) is 29.2 Å². The van der Waals surface area contributed by atoms with Crippen molar-refractivity contribution in [1.29, 1.82) is 0 Å². The third-order valence-corrected chi connectivity index (χ3v) is 5.57. The Morgan fingerprint density at radius 1 is 1.25 bits per heavy atom. The highest BCUT2D eigenvalue weighted by atomic mass is 32.2. The predicted octanol–water partition coefficient (Wildman–Crippen LogP) is 0.972. The van der Waals surface area contributed by atoms with Gasteiger partial charge in [-0.3, -0.25) is 19.3 Å². The standard InChI is InChI=1S/C17H21N3O3S/c1-2-20-15(21)11-14(17(20)23)24-13-6-4-3-5-12(13)16(22)19-9-7-18-8-10-19/h3-6,14,18H,2,7-11H2,1H3. The molecule has 2 heterocycles. The highest BCUT2D eigenvalue weighted by molar-refractivity contribution is 8.00. The van der Waals surface area contributed by atoms with Gasteiger partial charge in [-0.2, -0.15) is 0 Å². The molecule has 2 fully saturated rings. The zero-order valence-electron chi connectivity index (χ0n) is 13.7. The molecule has 0 aromatic heterocycles. The summed E-state index contributed by atoms with van der Waals surface area (Å²) in [7, 11) is 0. The van der Waals surface area contributed by atoms with Crippen LogP contribution >= 0.6 is 11.8 Å². The molecule has 0 spiro atoms. The molecule has 1 atom stereocenters. The monoisotopic (exact) mass is 347 g/mol. The summed E-state index contributed by atoms with van der Waals surface area (Å²) in [6.07, 6.45) is 0.202. The van der Waals surface area contributed by atoms with Crippen molar-refractivity contribution in [3.63, 3.8) is 0 Å². The van der Waals surface area contributed by atoms with Crippen molar-refractivity contribution in [2.24, 2.45) is 0 Å². The van der Waals surface area contributed by atoms with E-state index in [1.54, 1.807) is 13.0 Å². The second kappa shape index (κ2) is 7.36. The fraction of sp³-hybridized carbons (Fsp3) is 0.471. The number of imide groups is 1. The highest BCUT2D eigenvalue weighted by Crippen LogP contribution is 2.33. The van der Waals surface area contributed by atoms with E-state index >= 15 is 0 Å². The van der Waals surface area contributed by atoms with Gasteiger partial charge >= 0.3 is 0 Å². The molecule has 3 amide bonds. The molecule has 1 unspecified atom stereocenters. The Hall–Kier alpha value is -1.86. The second-order valence-corrected chi connectivity index (χ2v) is 7.07. The molecule has 2 aliphatic rings. The third kappa shape index (κ3) is 3.32. The van der Waals surface area contributed by atoms with Gasteiger partial charge in [0.1, 0.15) is 0 Å². The molecule has 1 aromatic carbocycles. The van der Waals surface area contributed by atoms with Gasteiger partial charge in [0, 0.05) is 44.0 Å². The number of nitrogens with zero attached hydrogens (tertiary/aromatic N) is 2. The fourth-order valence-corrected chi connectivity index (χ4v) is 4.21. The molecule has 7 heteroatoms. The number of rotatable bonds is 4. The van der Waals surface area contributed by atoms with Gasteiger partial charge in [-0.25, -0.2) is 0 Å². The lowest BCUT2D eigenvalue weighted by Gasteiger charge is -2.28. The Kier molecular flexibility index (Phi) is 5.20. The number of likely N-dealkylation sites (tertiary alicyclic amines) is 1. The molecule has 2 saturated heterocycles. The number of carbonyl (C=O) groups is 3. The van der Waals surface area contributed by atoms with Crippen molar-refractivity contribution < 1.29 is 14.4 Å². The summed E-state index contributed by atoms with van der Waals surface area (Å²) in [5.74, 6) is -0.299. The smallest absolute Gasteiger partial charge is 0.255 e. The maximum atomic E-state index is 12.8. The van der Waals surface area contributed by atoms with E-state index in [2.05, 4.69) is 5.32 Å². The normalized spacial score (nSPS) is 21.5. The van der Waals surface area contributed by atoms with Gasteiger partial charge in [0.05, 0.1) is 10.8 Å². The van der Waals surface area contributed by atoms with Gasteiger partial charge in [-0.1, -0.05) is 12.1 Å². The number of nitrogens with one attached hydrogen (secondary N) is 1. The van der Waals surface area contributed by atoms with E-state index in [1.807, 2.05) is 23.1 Å². The van der Waals surface area contributed by atoms with E-state index in [4.69, 9.17) is 0 Å². The van der Waals surface area contributed by atoms with Crippen LogP contribution in [0.5, 0.6) is 0 Å². The van der Waals surface area contributed by atoms with E-state index in [-0.39, 0.29) is 24.1 Å². The maximum absolute atomic E-state index is 12.8. The molecule has 1 aromatic rings. The first-order valence-electron chi connectivity index (χ1n) is 8.21. The molecule has 24 heavy (non-hydrogen) atoms. The van der Waals surface area contributed by atoms with Crippen LogP contribution in [0.1, 0.15) is 23.7 Å². The van der Waals surface area contributed by atoms with E-state index in [0.29, 0.717) is 25.2 Å². The Morgan fingerprint density at radius 2 is 1.96 bits per heavy atom. The molecule has 128 valence electrons. The van der Waals surface area contributed by atoms with Crippen molar-refractivity contribution in [3.05, 3.63) is 29.8 Å². The maximum Gasteiger partial charge on any atom is 0.255 e. The number of thioether (sulfide) groups is 1. The van der Waals surface area contributed by atoms with Crippen LogP contribution in [0.3, 0.4) is 0 Å². The molecule has 0 saturated carbocycles. The summed E-state index contributed by atoms with van der Waals surface area (Å²) in [6, 6.07) is 7.34. The SMILES string of the molecule is CCN1C(=O)CC(Sc2ccccc2C(=O)N2CCNCC2)C1=O. The lowest BCUT2D eigenvalue weighted by Crippen LogP contribution is -2.46. The van der Waals surface area contributed by atoms with Gasteiger partial charge in [0.2, 0.25) is 11.8 Å². The zero-order valence-corrected chi connectivity index (χ0v) is 14.5. The van der Waals surface area contributed by atoms with Crippen molar-refractivity contribution in [1.82, 2.24) is 15.1 Å². The minimum absolute atomic E-state index is 0.0104. The molecular formula is C17H21N3O3S. The van der Waals surface area contributed by atoms with Crippen LogP contribution in [0.4, 0.5) is 0 Å². The van der Waals surface area contributed by atoms with Gasteiger partial charge < -0.3 is 10.2 Å². The first-order valence-corrected chi connectivity index (χ1v) is 9.09. The molecule has 2 aliphatic heterocycles. The molecule has 3 rings (SSSR count). The van der Waals surface area contributed by atoms with E-state index < -0.39 is 5.25 Å². The van der Waals surface area contributed by atoms with Crippen LogP contribution in [0.2, 0.25) is 0 Å². The Balaban J connectivity index is 1.78. The summed E-state index contributed by atoms with van der Waals surface area (Å²) >= 11 is 1.33. The quantitative estimate of drug-likeness (QED) is 0.822. The highest BCUT2D eigenvalue weighted by Gasteiger charge is 2.38. The molecule has 6 nitrogen and oxygen atoms in total. The largest absolute Gasteiger partial charge is 0.336 e. The summed E-state index contributed by atoms with van der Waals surface area (Å²) in [5.41, 5.74) is 0.611. The summed E-state index contributed by atoms with van der Waals surface area (Å²) < 4.78 is 0. The number of benzene rings is 1. The first kappa shape index (κ1) is 17.0. The molecular weight excluding hydrogens is 326 g/mol. The molecule has 0 radical (unpaired) electrons. The van der Waals surface area contributed by atoms with Crippen LogP contribution in [-0.2, 0) is 9.59 Å². The summed E-state index contributed by atoms with van der Waals surface area (Å²) in [4.78, 5) is 40.9. The van der Waals surface area contributed by atoms with Crippen molar-refractivity contribution in [2.45, 2.75) is 23.5 Å². The van der Waals surface area contributed by atoms with Gasteiger partial charge in [-0.15, -0.1) is 11.8 Å². The van der Waals surface area contributed by atoms with Crippen LogP contribution in [0.25, 0.3) is 0 Å². The Bertz CT molecular complexity index is 658. The van der Waals surface area contributed by atoms with Crippen LogP contribution < -0.4 is 5.32 Å². The Morgan fingerprint density at radius 3 is 2.62 bits per heavy atom. The second-order valence-electron chi connectivity index (χ2n) is 5.83. The minimum atomic E-state index is -0.436. The van der Waals surface area contributed by atoms with E-state index in [1.165, 1.54) is 16.7 Å². The van der Waals surface area contributed by atoms with Gasteiger partial charge in [0.15, 0.2) is 0 Å².